The average Bonchev–Trinajstić information content (AvgIpc) is 1.99. The first-order chi connectivity index (χ1) is 4.74. The Morgan fingerprint density at radius 2 is 2.00 bits per heavy atom. The van der Waals surface area contributed by atoms with Gasteiger partial charge in [-0.1, -0.05) is 13.8 Å². The van der Waals surface area contributed by atoms with Gasteiger partial charge in [-0.15, -0.1) is 0 Å². The van der Waals surface area contributed by atoms with Crippen molar-refractivity contribution in [1.82, 2.24) is 5.32 Å². The molecule has 0 aliphatic carbocycles. The quantitative estimate of drug-likeness (QED) is 0.645. The van der Waals surface area contributed by atoms with Crippen LogP contribution in [0.1, 0.15) is 33.6 Å². The number of hydrogen-bond donors (Lipinski definition) is 1. The van der Waals surface area contributed by atoms with E-state index in [2.05, 4.69) is 25.2 Å². The van der Waals surface area contributed by atoms with Gasteiger partial charge in [-0.05, 0) is 19.8 Å². The van der Waals surface area contributed by atoms with Crippen molar-refractivity contribution in [3.05, 3.63) is 0 Å². The molecule has 0 rings (SSSR count). The van der Waals surface area contributed by atoms with Crippen LogP contribution in [0.3, 0.4) is 0 Å². The van der Waals surface area contributed by atoms with Crippen LogP contribution in [0.5, 0.6) is 0 Å². The second kappa shape index (κ2) is 5.25. The van der Waals surface area contributed by atoms with Crippen LogP contribution in [0.25, 0.3) is 0 Å². The van der Waals surface area contributed by atoms with Gasteiger partial charge in [0.1, 0.15) is 0 Å². The van der Waals surface area contributed by atoms with E-state index in [1.807, 2.05) is 6.92 Å². The predicted octanol–water partition coefficient (Wildman–Crippen LogP) is 1.68. The zero-order valence-electron chi connectivity index (χ0n) is 7.02. The van der Waals surface area contributed by atoms with Crippen LogP contribution in [0.4, 0.5) is 0 Å². The average molecular weight is 140 g/mol. The van der Waals surface area contributed by atoms with E-state index in [1.54, 1.807) is 0 Å². The van der Waals surface area contributed by atoms with E-state index in [-0.39, 0.29) is 6.04 Å². The lowest BCUT2D eigenvalue weighted by Crippen LogP contribution is -2.34. The Morgan fingerprint density at radius 3 is 2.30 bits per heavy atom. The summed E-state index contributed by atoms with van der Waals surface area (Å²) < 4.78 is 0. The fourth-order valence-corrected chi connectivity index (χ4v) is 0.708. The Hall–Kier alpha value is -0.550. The standard InChI is InChI=1S/C8H16N2/c1-4-7(3)10-8(5-2)6-9/h7-8,10H,4-5H2,1-3H3. The molecule has 0 saturated carbocycles. The van der Waals surface area contributed by atoms with Crippen LogP contribution in [0.15, 0.2) is 0 Å². The van der Waals surface area contributed by atoms with Crippen LogP contribution in [0, 0.1) is 11.3 Å². The van der Waals surface area contributed by atoms with Crippen LogP contribution in [-0.2, 0) is 0 Å². The molecule has 2 atom stereocenters. The second-order valence-corrected chi connectivity index (χ2v) is 2.57. The van der Waals surface area contributed by atoms with E-state index in [0.29, 0.717) is 6.04 Å². The van der Waals surface area contributed by atoms with E-state index < -0.39 is 0 Å². The Kier molecular flexibility index (Phi) is 4.96. The minimum Gasteiger partial charge on any atom is -0.299 e. The highest BCUT2D eigenvalue weighted by atomic mass is 14.9. The third-order valence-electron chi connectivity index (χ3n) is 1.66. The van der Waals surface area contributed by atoms with Crippen molar-refractivity contribution in [2.45, 2.75) is 45.7 Å². The lowest BCUT2D eigenvalue weighted by molar-refractivity contribution is 0.482. The molecule has 0 radical (unpaired) electrons. The fourth-order valence-electron chi connectivity index (χ4n) is 0.708. The number of hydrogen-bond acceptors (Lipinski definition) is 2. The first-order valence-corrected chi connectivity index (χ1v) is 3.90. The molecule has 0 bridgehead atoms. The van der Waals surface area contributed by atoms with Gasteiger partial charge in [-0.25, -0.2) is 0 Å². The normalized spacial score (nSPS) is 15.8. The highest BCUT2D eigenvalue weighted by Gasteiger charge is 2.05. The largest absolute Gasteiger partial charge is 0.299 e. The third kappa shape index (κ3) is 3.47. The highest BCUT2D eigenvalue weighted by Crippen LogP contribution is 1.94. The molecule has 58 valence electrons. The molecule has 0 spiro atoms. The number of rotatable bonds is 4. The Labute approximate surface area is 63.2 Å². The Bertz CT molecular complexity index is 115. The molecule has 2 heteroatoms. The summed E-state index contributed by atoms with van der Waals surface area (Å²) in [5.74, 6) is 0. The molecular weight excluding hydrogens is 124 g/mol. The molecule has 1 N–H and O–H groups in total. The van der Waals surface area contributed by atoms with Crippen LogP contribution < -0.4 is 5.32 Å². The van der Waals surface area contributed by atoms with E-state index in [1.165, 1.54) is 0 Å². The van der Waals surface area contributed by atoms with Crippen molar-refractivity contribution < 1.29 is 0 Å². The van der Waals surface area contributed by atoms with Crippen molar-refractivity contribution in [3.8, 4) is 6.07 Å². The smallest absolute Gasteiger partial charge is 0.0952 e. The molecule has 0 heterocycles. The maximum Gasteiger partial charge on any atom is 0.0952 e. The molecule has 0 fully saturated rings. The SMILES string of the molecule is CCC(C)NC(C#N)CC. The van der Waals surface area contributed by atoms with E-state index in [9.17, 15) is 0 Å². The zero-order valence-corrected chi connectivity index (χ0v) is 7.02. The first kappa shape index (κ1) is 9.45. The topological polar surface area (TPSA) is 35.8 Å². The predicted molar refractivity (Wildman–Crippen MR) is 42.6 cm³/mol. The van der Waals surface area contributed by atoms with Crippen molar-refractivity contribution in [3.63, 3.8) is 0 Å². The summed E-state index contributed by atoms with van der Waals surface area (Å²) in [5, 5.41) is 11.8. The monoisotopic (exact) mass is 140 g/mol. The van der Waals surface area contributed by atoms with Crippen molar-refractivity contribution in [1.29, 1.82) is 5.26 Å². The summed E-state index contributed by atoms with van der Waals surface area (Å²) in [6.07, 6.45) is 1.97. The van der Waals surface area contributed by atoms with Crippen molar-refractivity contribution >= 4 is 0 Å². The molecule has 10 heavy (non-hydrogen) atoms. The fraction of sp³-hybridized carbons (Fsp3) is 0.875. The van der Waals surface area contributed by atoms with E-state index in [0.717, 1.165) is 12.8 Å². The van der Waals surface area contributed by atoms with Gasteiger partial charge in [0.05, 0.1) is 12.1 Å². The maximum atomic E-state index is 8.56. The lowest BCUT2D eigenvalue weighted by Gasteiger charge is -2.14. The molecule has 2 nitrogen and oxygen atoms in total. The summed E-state index contributed by atoms with van der Waals surface area (Å²) >= 11 is 0. The van der Waals surface area contributed by atoms with Gasteiger partial charge in [0.2, 0.25) is 0 Å². The van der Waals surface area contributed by atoms with Gasteiger partial charge in [0.25, 0.3) is 0 Å². The molecule has 0 amide bonds. The van der Waals surface area contributed by atoms with Gasteiger partial charge in [0, 0.05) is 6.04 Å². The molecule has 0 aliphatic rings. The van der Waals surface area contributed by atoms with Gasteiger partial charge in [-0.2, -0.15) is 5.26 Å². The minimum atomic E-state index is 0.0370. The van der Waals surface area contributed by atoms with Crippen LogP contribution in [-0.4, -0.2) is 12.1 Å². The Balaban J connectivity index is 3.54. The molecular formula is C8H16N2. The summed E-state index contributed by atoms with van der Waals surface area (Å²) in [6, 6.07) is 2.71. The summed E-state index contributed by atoms with van der Waals surface area (Å²) in [6.45, 7) is 6.23. The Morgan fingerprint density at radius 1 is 1.40 bits per heavy atom. The molecule has 2 unspecified atom stereocenters. The number of nitrogens with zero attached hydrogens (tertiary/aromatic N) is 1. The van der Waals surface area contributed by atoms with Gasteiger partial charge in [-0.3, -0.25) is 5.32 Å². The minimum absolute atomic E-state index is 0.0370. The van der Waals surface area contributed by atoms with Crippen molar-refractivity contribution in [2.24, 2.45) is 0 Å². The second-order valence-electron chi connectivity index (χ2n) is 2.57. The molecule has 0 aromatic rings. The third-order valence-corrected chi connectivity index (χ3v) is 1.66. The molecule has 0 aromatic carbocycles. The van der Waals surface area contributed by atoms with Gasteiger partial charge >= 0.3 is 0 Å². The maximum absolute atomic E-state index is 8.56. The number of nitriles is 1. The highest BCUT2D eigenvalue weighted by molar-refractivity contribution is 4.89. The summed E-state index contributed by atoms with van der Waals surface area (Å²) in [4.78, 5) is 0. The van der Waals surface area contributed by atoms with Gasteiger partial charge < -0.3 is 0 Å². The summed E-state index contributed by atoms with van der Waals surface area (Å²) in [5.41, 5.74) is 0. The van der Waals surface area contributed by atoms with Crippen LogP contribution >= 0.6 is 0 Å². The summed E-state index contributed by atoms with van der Waals surface area (Å²) in [7, 11) is 0. The zero-order chi connectivity index (χ0) is 7.98. The van der Waals surface area contributed by atoms with Gasteiger partial charge in [0.15, 0.2) is 0 Å². The van der Waals surface area contributed by atoms with E-state index >= 15 is 0 Å². The first-order valence-electron chi connectivity index (χ1n) is 3.90. The van der Waals surface area contributed by atoms with Crippen molar-refractivity contribution in [2.75, 3.05) is 0 Å². The molecule has 0 saturated heterocycles. The van der Waals surface area contributed by atoms with E-state index in [4.69, 9.17) is 5.26 Å². The van der Waals surface area contributed by atoms with Crippen LogP contribution in [0.2, 0.25) is 0 Å². The number of nitrogens with one attached hydrogen (secondary N) is 1. The lowest BCUT2D eigenvalue weighted by atomic mass is 10.2. The molecule has 0 aliphatic heterocycles. The molecule has 0 aromatic heterocycles.